The Kier molecular flexibility index (Phi) is 4.99. The molecule has 1 aromatic rings. The summed E-state index contributed by atoms with van der Waals surface area (Å²) in [7, 11) is 1.64. The molecule has 5 heteroatoms. The second kappa shape index (κ2) is 6.73. The number of aryl methyl sites for hydroxylation is 1. The summed E-state index contributed by atoms with van der Waals surface area (Å²) in [4.78, 5) is 14.2. The summed E-state index contributed by atoms with van der Waals surface area (Å²) in [5.74, 6) is 1.77. The van der Waals surface area contributed by atoms with E-state index in [0.29, 0.717) is 32.9 Å². The fourth-order valence-electron chi connectivity index (χ4n) is 2.21. The Morgan fingerprint density at radius 2 is 2.37 bits per heavy atom. The van der Waals surface area contributed by atoms with Crippen LogP contribution in [-0.4, -0.2) is 44.3 Å². The Morgan fingerprint density at radius 3 is 2.95 bits per heavy atom. The van der Waals surface area contributed by atoms with Crippen molar-refractivity contribution < 1.29 is 18.7 Å². The van der Waals surface area contributed by atoms with Gasteiger partial charge >= 0.3 is 0 Å². The number of nitrogens with zero attached hydrogens (tertiary/aromatic N) is 1. The lowest BCUT2D eigenvalue weighted by Crippen LogP contribution is -2.38. The quantitative estimate of drug-likeness (QED) is 0.785. The first-order valence-electron chi connectivity index (χ1n) is 6.61. The van der Waals surface area contributed by atoms with Gasteiger partial charge in [-0.05, 0) is 25.5 Å². The van der Waals surface area contributed by atoms with Gasteiger partial charge in [-0.2, -0.15) is 0 Å². The molecule has 1 aromatic heterocycles. The van der Waals surface area contributed by atoms with Crippen molar-refractivity contribution in [2.45, 2.75) is 19.9 Å². The van der Waals surface area contributed by atoms with E-state index < -0.39 is 0 Å². The monoisotopic (exact) mass is 267 g/mol. The summed E-state index contributed by atoms with van der Waals surface area (Å²) in [6.07, 6.45) is 0.805. The highest BCUT2D eigenvalue weighted by Crippen LogP contribution is 2.18. The van der Waals surface area contributed by atoms with Crippen molar-refractivity contribution in [2.75, 3.05) is 33.5 Å². The van der Waals surface area contributed by atoms with Crippen molar-refractivity contribution in [3.05, 3.63) is 23.7 Å². The fourth-order valence-corrected chi connectivity index (χ4v) is 2.21. The summed E-state index contributed by atoms with van der Waals surface area (Å²) >= 11 is 0. The highest BCUT2D eigenvalue weighted by molar-refractivity contribution is 5.79. The predicted octanol–water partition coefficient (Wildman–Crippen LogP) is 1.60. The number of ether oxygens (including phenoxy) is 2. The molecule has 1 atom stereocenters. The molecule has 0 bridgehead atoms. The Hall–Kier alpha value is -1.33. The van der Waals surface area contributed by atoms with E-state index in [4.69, 9.17) is 13.9 Å². The van der Waals surface area contributed by atoms with Gasteiger partial charge in [-0.25, -0.2) is 0 Å². The van der Waals surface area contributed by atoms with Crippen molar-refractivity contribution in [3.63, 3.8) is 0 Å². The number of rotatable bonds is 6. The smallest absolute Gasteiger partial charge is 0.228 e. The van der Waals surface area contributed by atoms with Crippen molar-refractivity contribution in [2.24, 2.45) is 5.92 Å². The molecular weight excluding hydrogens is 246 g/mol. The van der Waals surface area contributed by atoms with Crippen LogP contribution in [0, 0.1) is 12.8 Å². The lowest BCUT2D eigenvalue weighted by Gasteiger charge is -2.24. The van der Waals surface area contributed by atoms with Crippen LogP contribution < -0.4 is 0 Å². The molecule has 1 aliphatic rings. The minimum Gasteiger partial charge on any atom is -0.464 e. The average molecular weight is 267 g/mol. The van der Waals surface area contributed by atoms with Gasteiger partial charge in [0.15, 0.2) is 0 Å². The summed E-state index contributed by atoms with van der Waals surface area (Å²) in [6, 6.07) is 3.82. The predicted molar refractivity (Wildman–Crippen MR) is 69.7 cm³/mol. The van der Waals surface area contributed by atoms with Crippen molar-refractivity contribution in [1.29, 1.82) is 0 Å². The van der Waals surface area contributed by atoms with Crippen LogP contribution in [0.25, 0.3) is 0 Å². The molecule has 106 valence electrons. The second-order valence-electron chi connectivity index (χ2n) is 4.83. The van der Waals surface area contributed by atoms with Gasteiger partial charge in [-0.3, -0.25) is 4.79 Å². The molecule has 0 N–H and O–H groups in total. The number of hydrogen-bond donors (Lipinski definition) is 0. The Morgan fingerprint density at radius 1 is 1.53 bits per heavy atom. The Bertz CT molecular complexity index is 409. The number of furan rings is 1. The molecule has 5 nitrogen and oxygen atoms in total. The molecule has 0 saturated carbocycles. The van der Waals surface area contributed by atoms with Crippen LogP contribution in [0.15, 0.2) is 16.5 Å². The highest BCUT2D eigenvalue weighted by atomic mass is 16.5. The lowest BCUT2D eigenvalue weighted by atomic mass is 10.1. The number of carbonyl (C=O) groups excluding carboxylic acids is 1. The number of hydrogen-bond acceptors (Lipinski definition) is 4. The minimum atomic E-state index is -0.0204. The summed E-state index contributed by atoms with van der Waals surface area (Å²) in [6.45, 7) is 4.70. The van der Waals surface area contributed by atoms with E-state index in [1.54, 1.807) is 12.0 Å². The molecular formula is C14H21NO4. The van der Waals surface area contributed by atoms with Crippen LogP contribution in [0.3, 0.4) is 0 Å². The van der Waals surface area contributed by atoms with Gasteiger partial charge in [-0.1, -0.05) is 0 Å². The zero-order valence-corrected chi connectivity index (χ0v) is 11.6. The van der Waals surface area contributed by atoms with E-state index >= 15 is 0 Å². The third-order valence-electron chi connectivity index (χ3n) is 3.30. The largest absolute Gasteiger partial charge is 0.464 e. The lowest BCUT2D eigenvalue weighted by molar-refractivity contribution is -0.137. The van der Waals surface area contributed by atoms with Crippen LogP contribution in [0.4, 0.5) is 0 Å². The van der Waals surface area contributed by atoms with E-state index in [9.17, 15) is 4.79 Å². The summed E-state index contributed by atoms with van der Waals surface area (Å²) in [5.41, 5.74) is 0. The van der Waals surface area contributed by atoms with E-state index in [2.05, 4.69) is 0 Å². The molecule has 0 radical (unpaired) electrons. The third kappa shape index (κ3) is 3.81. The highest BCUT2D eigenvalue weighted by Gasteiger charge is 2.28. The van der Waals surface area contributed by atoms with Gasteiger partial charge < -0.3 is 18.8 Å². The summed E-state index contributed by atoms with van der Waals surface area (Å²) < 4.78 is 15.9. The van der Waals surface area contributed by atoms with Crippen molar-refractivity contribution in [1.82, 2.24) is 4.90 Å². The SMILES string of the molecule is COCCN(Cc1ccc(C)o1)C(=O)[C@H]1CCOC1. The van der Waals surface area contributed by atoms with Crippen LogP contribution >= 0.6 is 0 Å². The van der Waals surface area contributed by atoms with Crippen molar-refractivity contribution in [3.8, 4) is 0 Å². The molecule has 1 fully saturated rings. The van der Waals surface area contributed by atoms with E-state index in [1.807, 2.05) is 19.1 Å². The fraction of sp³-hybridized carbons (Fsp3) is 0.643. The average Bonchev–Trinajstić information content (AvgIpc) is 3.05. The van der Waals surface area contributed by atoms with Crippen LogP contribution in [-0.2, 0) is 20.8 Å². The van der Waals surface area contributed by atoms with Gasteiger partial charge in [-0.15, -0.1) is 0 Å². The van der Waals surface area contributed by atoms with Gasteiger partial charge in [0.05, 0.1) is 25.7 Å². The van der Waals surface area contributed by atoms with Gasteiger partial charge in [0.25, 0.3) is 0 Å². The third-order valence-corrected chi connectivity index (χ3v) is 3.30. The van der Waals surface area contributed by atoms with Crippen LogP contribution in [0.2, 0.25) is 0 Å². The van der Waals surface area contributed by atoms with E-state index in [0.717, 1.165) is 17.9 Å². The Labute approximate surface area is 113 Å². The molecule has 19 heavy (non-hydrogen) atoms. The molecule has 1 aliphatic heterocycles. The maximum atomic E-state index is 12.4. The summed E-state index contributed by atoms with van der Waals surface area (Å²) in [5, 5.41) is 0. The number of methoxy groups -OCH3 is 1. The first-order chi connectivity index (χ1) is 9.20. The molecule has 2 heterocycles. The molecule has 2 rings (SSSR count). The maximum Gasteiger partial charge on any atom is 0.228 e. The first kappa shape index (κ1) is 14.1. The van der Waals surface area contributed by atoms with Crippen LogP contribution in [0.5, 0.6) is 0 Å². The van der Waals surface area contributed by atoms with Crippen molar-refractivity contribution >= 4 is 5.91 Å². The first-order valence-corrected chi connectivity index (χ1v) is 6.61. The standard InChI is InChI=1S/C14H21NO4/c1-11-3-4-13(19-11)9-15(6-8-17-2)14(16)12-5-7-18-10-12/h3-4,12H,5-10H2,1-2H3/t12-/m0/s1. The molecule has 0 aromatic carbocycles. The maximum absolute atomic E-state index is 12.4. The normalized spacial score (nSPS) is 18.7. The topological polar surface area (TPSA) is 51.9 Å². The number of amides is 1. The van der Waals surface area contributed by atoms with Crippen LogP contribution in [0.1, 0.15) is 17.9 Å². The molecule has 0 unspecified atom stereocenters. The van der Waals surface area contributed by atoms with E-state index in [-0.39, 0.29) is 11.8 Å². The second-order valence-corrected chi connectivity index (χ2v) is 4.83. The van der Waals surface area contributed by atoms with Gasteiger partial charge in [0.2, 0.25) is 5.91 Å². The molecule has 0 spiro atoms. The Balaban J connectivity index is 1.99. The zero-order valence-electron chi connectivity index (χ0n) is 11.6. The molecule has 0 aliphatic carbocycles. The molecule has 1 saturated heterocycles. The van der Waals surface area contributed by atoms with E-state index in [1.165, 1.54) is 0 Å². The van der Waals surface area contributed by atoms with Gasteiger partial charge in [0.1, 0.15) is 11.5 Å². The zero-order chi connectivity index (χ0) is 13.7. The minimum absolute atomic E-state index is 0.0204. The van der Waals surface area contributed by atoms with Gasteiger partial charge in [0, 0.05) is 20.3 Å². The molecule has 1 amide bonds. The number of carbonyl (C=O) groups is 1.